The van der Waals surface area contributed by atoms with E-state index in [1.807, 2.05) is 55.5 Å². The molecule has 1 amide bonds. The average molecular weight is 425 g/mol. The first-order valence-electron chi connectivity index (χ1n) is 10.1. The highest BCUT2D eigenvalue weighted by atomic mass is 35.5. The molecule has 2 aromatic carbocycles. The minimum absolute atomic E-state index is 0.0501. The number of nitrogens with one attached hydrogen (secondary N) is 2. The van der Waals surface area contributed by atoms with Crippen LogP contribution >= 0.6 is 11.6 Å². The lowest BCUT2D eigenvalue weighted by atomic mass is 10.0. The number of piperidine rings is 1. The third-order valence-electron chi connectivity index (χ3n) is 5.48. The topological polar surface area (TPSA) is 70.2 Å². The number of carbonyl (C=O) groups excluding carboxylic acids is 1. The number of benzene rings is 2. The number of aromatic nitrogens is 2. The molecule has 2 N–H and O–H groups in total. The number of aryl methyl sites for hydroxylation is 1. The first-order chi connectivity index (χ1) is 14.5. The van der Waals surface area contributed by atoms with E-state index >= 15 is 0 Å². The number of amides is 1. The molecular formula is C23H25ClN4O2. The van der Waals surface area contributed by atoms with Crippen molar-refractivity contribution in [2.45, 2.75) is 25.8 Å². The Kier molecular flexibility index (Phi) is 5.95. The van der Waals surface area contributed by atoms with Crippen molar-refractivity contribution < 1.29 is 9.53 Å². The molecule has 1 aliphatic rings. The number of methoxy groups -OCH3 is 1. The van der Waals surface area contributed by atoms with Gasteiger partial charge < -0.3 is 15.0 Å². The van der Waals surface area contributed by atoms with Gasteiger partial charge in [0, 0.05) is 35.8 Å². The van der Waals surface area contributed by atoms with E-state index < -0.39 is 0 Å². The zero-order valence-electron chi connectivity index (χ0n) is 17.1. The summed E-state index contributed by atoms with van der Waals surface area (Å²) in [4.78, 5) is 15.0. The first-order valence-corrected chi connectivity index (χ1v) is 10.4. The van der Waals surface area contributed by atoms with Crippen LogP contribution in [0.2, 0.25) is 5.02 Å². The van der Waals surface area contributed by atoms with Gasteiger partial charge in [-0.25, -0.2) is 0 Å². The van der Waals surface area contributed by atoms with Crippen LogP contribution in [0, 0.1) is 6.92 Å². The van der Waals surface area contributed by atoms with Gasteiger partial charge in [-0.2, -0.15) is 5.10 Å². The van der Waals surface area contributed by atoms with Crippen LogP contribution < -0.4 is 15.0 Å². The van der Waals surface area contributed by atoms with Crippen molar-refractivity contribution in [2.75, 3.05) is 25.1 Å². The van der Waals surface area contributed by atoms with Gasteiger partial charge in [-0.15, -0.1) is 0 Å². The highest BCUT2D eigenvalue weighted by molar-refractivity contribution is 6.30. The second kappa shape index (κ2) is 8.79. The van der Waals surface area contributed by atoms with Crippen molar-refractivity contribution in [3.63, 3.8) is 0 Å². The molecule has 0 bridgehead atoms. The summed E-state index contributed by atoms with van der Waals surface area (Å²) in [6.45, 7) is 3.57. The Hall–Kier alpha value is -2.99. The minimum Gasteiger partial charge on any atom is -0.497 e. The Morgan fingerprint density at radius 2 is 2.03 bits per heavy atom. The Balaban J connectivity index is 1.42. The molecule has 1 aromatic heterocycles. The summed E-state index contributed by atoms with van der Waals surface area (Å²) in [5.41, 5.74) is 3.56. The van der Waals surface area contributed by atoms with Crippen molar-refractivity contribution >= 4 is 23.3 Å². The van der Waals surface area contributed by atoms with Crippen molar-refractivity contribution in [2.24, 2.45) is 0 Å². The van der Waals surface area contributed by atoms with E-state index in [1.54, 1.807) is 7.11 Å². The molecule has 0 aliphatic carbocycles. The second-order valence-corrected chi connectivity index (χ2v) is 8.02. The number of hydrogen-bond donors (Lipinski definition) is 2. The lowest BCUT2D eigenvalue weighted by molar-refractivity contribution is 0.0932. The second-order valence-electron chi connectivity index (χ2n) is 7.59. The number of halogens is 1. The zero-order chi connectivity index (χ0) is 21.1. The predicted octanol–water partition coefficient (Wildman–Crippen LogP) is 4.45. The molecule has 6 nitrogen and oxygen atoms in total. The quantitative estimate of drug-likeness (QED) is 0.635. The standard InChI is InChI=1S/C23H25ClN4O2/c1-15-12-19(30-2)9-10-20(15)23(29)25-18-4-3-11-28(14-18)22-13-21(26-27-22)16-5-7-17(24)8-6-16/h5-10,12-13,18H,3-4,11,14H2,1-2H3,(H,25,29)(H,26,27). The molecule has 4 rings (SSSR count). The molecule has 0 saturated carbocycles. The molecule has 156 valence electrons. The van der Waals surface area contributed by atoms with Crippen molar-refractivity contribution in [3.8, 4) is 17.0 Å². The molecule has 1 atom stereocenters. The van der Waals surface area contributed by atoms with E-state index in [0.29, 0.717) is 10.6 Å². The molecule has 1 aliphatic heterocycles. The van der Waals surface area contributed by atoms with Crippen molar-refractivity contribution in [1.82, 2.24) is 15.5 Å². The van der Waals surface area contributed by atoms with E-state index in [1.165, 1.54) is 0 Å². The third kappa shape index (κ3) is 4.44. The zero-order valence-corrected chi connectivity index (χ0v) is 17.9. The van der Waals surface area contributed by atoms with Gasteiger partial charge in [-0.3, -0.25) is 9.89 Å². The number of anilines is 1. The molecule has 30 heavy (non-hydrogen) atoms. The van der Waals surface area contributed by atoms with Gasteiger partial charge >= 0.3 is 0 Å². The van der Waals surface area contributed by atoms with Gasteiger partial charge in [0.25, 0.3) is 5.91 Å². The van der Waals surface area contributed by atoms with Crippen LogP contribution in [0.3, 0.4) is 0 Å². The lowest BCUT2D eigenvalue weighted by Gasteiger charge is -2.33. The van der Waals surface area contributed by atoms with E-state index in [2.05, 4.69) is 20.4 Å². The van der Waals surface area contributed by atoms with Crippen LogP contribution in [-0.4, -0.2) is 42.3 Å². The van der Waals surface area contributed by atoms with Crippen molar-refractivity contribution in [1.29, 1.82) is 0 Å². The van der Waals surface area contributed by atoms with E-state index in [-0.39, 0.29) is 11.9 Å². The van der Waals surface area contributed by atoms with E-state index in [9.17, 15) is 4.79 Å². The summed E-state index contributed by atoms with van der Waals surface area (Å²) in [7, 11) is 1.62. The normalized spacial score (nSPS) is 16.4. The van der Waals surface area contributed by atoms with Gasteiger partial charge in [0.2, 0.25) is 0 Å². The molecule has 0 spiro atoms. The summed E-state index contributed by atoms with van der Waals surface area (Å²) >= 11 is 5.98. The fraction of sp³-hybridized carbons (Fsp3) is 0.304. The Morgan fingerprint density at radius 1 is 1.23 bits per heavy atom. The molecular weight excluding hydrogens is 400 g/mol. The number of carbonyl (C=O) groups is 1. The van der Waals surface area contributed by atoms with Crippen LogP contribution in [0.15, 0.2) is 48.5 Å². The highest BCUT2D eigenvalue weighted by Gasteiger charge is 2.24. The van der Waals surface area contributed by atoms with Crippen LogP contribution in [0.1, 0.15) is 28.8 Å². The molecule has 7 heteroatoms. The van der Waals surface area contributed by atoms with Crippen LogP contribution in [0.5, 0.6) is 5.75 Å². The average Bonchev–Trinajstić information content (AvgIpc) is 3.24. The Labute approximate surface area is 181 Å². The number of hydrogen-bond acceptors (Lipinski definition) is 4. The van der Waals surface area contributed by atoms with Gasteiger partial charge in [0.1, 0.15) is 5.75 Å². The number of aromatic amines is 1. The maximum atomic E-state index is 12.8. The maximum absolute atomic E-state index is 12.8. The highest BCUT2D eigenvalue weighted by Crippen LogP contribution is 2.25. The summed E-state index contributed by atoms with van der Waals surface area (Å²) < 4.78 is 5.23. The molecule has 1 unspecified atom stereocenters. The monoisotopic (exact) mass is 424 g/mol. The summed E-state index contributed by atoms with van der Waals surface area (Å²) in [5.74, 6) is 1.59. The molecule has 1 fully saturated rings. The van der Waals surface area contributed by atoms with Gasteiger partial charge in [0.05, 0.1) is 12.8 Å². The number of H-pyrrole nitrogens is 1. The summed E-state index contributed by atoms with van der Waals surface area (Å²) in [5, 5.41) is 11.5. The SMILES string of the molecule is COc1ccc(C(=O)NC2CCCN(c3cc(-c4ccc(Cl)cc4)[nH]n3)C2)c(C)c1. The smallest absolute Gasteiger partial charge is 0.251 e. The third-order valence-corrected chi connectivity index (χ3v) is 5.73. The Morgan fingerprint density at radius 3 is 2.77 bits per heavy atom. The lowest BCUT2D eigenvalue weighted by Crippen LogP contribution is -2.48. The fourth-order valence-corrected chi connectivity index (χ4v) is 3.96. The van der Waals surface area contributed by atoms with Gasteiger partial charge in [-0.1, -0.05) is 23.7 Å². The maximum Gasteiger partial charge on any atom is 0.251 e. The number of rotatable bonds is 5. The van der Waals surface area contributed by atoms with Crippen LogP contribution in [0.4, 0.5) is 5.82 Å². The van der Waals surface area contributed by atoms with E-state index in [0.717, 1.165) is 54.3 Å². The minimum atomic E-state index is -0.0501. The van der Waals surface area contributed by atoms with Crippen LogP contribution in [-0.2, 0) is 0 Å². The Bertz CT molecular complexity index is 1030. The molecule has 0 radical (unpaired) electrons. The molecule has 1 saturated heterocycles. The number of nitrogens with zero attached hydrogens (tertiary/aromatic N) is 2. The first kappa shape index (κ1) is 20.3. The van der Waals surface area contributed by atoms with Crippen LogP contribution in [0.25, 0.3) is 11.3 Å². The number of ether oxygens (including phenoxy) is 1. The summed E-state index contributed by atoms with van der Waals surface area (Å²) in [6.07, 6.45) is 1.95. The van der Waals surface area contributed by atoms with Gasteiger partial charge in [0.15, 0.2) is 5.82 Å². The van der Waals surface area contributed by atoms with E-state index in [4.69, 9.17) is 16.3 Å². The van der Waals surface area contributed by atoms with Crippen molar-refractivity contribution in [3.05, 3.63) is 64.7 Å². The predicted molar refractivity (Wildman–Crippen MR) is 119 cm³/mol. The largest absolute Gasteiger partial charge is 0.497 e. The summed E-state index contributed by atoms with van der Waals surface area (Å²) in [6, 6.07) is 15.3. The molecule has 2 heterocycles. The fourth-order valence-electron chi connectivity index (χ4n) is 3.83. The van der Waals surface area contributed by atoms with Gasteiger partial charge in [-0.05, 0) is 61.2 Å². The molecule has 3 aromatic rings.